The summed E-state index contributed by atoms with van der Waals surface area (Å²) in [4.78, 5) is 25.2. The van der Waals surface area contributed by atoms with E-state index < -0.39 is 5.97 Å². The van der Waals surface area contributed by atoms with Crippen molar-refractivity contribution in [3.63, 3.8) is 0 Å². The van der Waals surface area contributed by atoms with Crippen LogP contribution in [-0.2, 0) is 22.4 Å². The number of ether oxygens (including phenoxy) is 1. The quantitative estimate of drug-likeness (QED) is 0.862. The smallest absolute Gasteiger partial charge is 0.348 e. The maximum absolute atomic E-state index is 11.9. The monoisotopic (exact) mass is 281 g/mol. The Morgan fingerprint density at radius 2 is 2.11 bits per heavy atom. The summed E-state index contributed by atoms with van der Waals surface area (Å²) in [6.07, 6.45) is 4.49. The number of hydrogen-bond acceptors (Lipinski definition) is 4. The van der Waals surface area contributed by atoms with E-state index in [1.807, 2.05) is 19.9 Å². The third kappa shape index (κ3) is 3.80. The molecule has 0 unspecified atom stereocenters. The standard InChI is InChI=1S/C14H19NO3S/c1-9(2)15-13(16)8-18-14(17)12-7-10-5-3-4-6-11(10)19-12/h7,9H,3-6,8H2,1-2H3,(H,15,16). The zero-order valence-electron chi connectivity index (χ0n) is 11.3. The fourth-order valence-corrected chi connectivity index (χ4v) is 3.30. The van der Waals surface area contributed by atoms with Crippen molar-refractivity contribution < 1.29 is 14.3 Å². The number of fused-ring (bicyclic) bond motifs is 1. The lowest BCUT2D eigenvalue weighted by Gasteiger charge is -2.08. The van der Waals surface area contributed by atoms with Gasteiger partial charge in [-0.3, -0.25) is 4.79 Å². The second-order valence-corrected chi connectivity index (χ2v) is 6.20. The SMILES string of the molecule is CC(C)NC(=O)COC(=O)c1cc2c(s1)CCCC2. The second kappa shape index (κ2) is 6.19. The summed E-state index contributed by atoms with van der Waals surface area (Å²) in [6.45, 7) is 3.53. The van der Waals surface area contributed by atoms with E-state index in [0.29, 0.717) is 4.88 Å². The summed E-state index contributed by atoms with van der Waals surface area (Å²) in [7, 11) is 0. The molecular formula is C14H19NO3S. The molecule has 0 saturated heterocycles. The van der Waals surface area contributed by atoms with Gasteiger partial charge in [-0.2, -0.15) is 0 Å². The number of esters is 1. The molecule has 1 aliphatic rings. The normalized spacial score (nSPS) is 14.1. The maximum Gasteiger partial charge on any atom is 0.348 e. The van der Waals surface area contributed by atoms with Crippen molar-refractivity contribution in [3.8, 4) is 0 Å². The summed E-state index contributed by atoms with van der Waals surface area (Å²) < 4.78 is 5.03. The van der Waals surface area contributed by atoms with Crippen molar-refractivity contribution in [3.05, 3.63) is 21.4 Å². The highest BCUT2D eigenvalue weighted by atomic mass is 32.1. The molecule has 1 heterocycles. The van der Waals surface area contributed by atoms with Crippen LogP contribution in [0.4, 0.5) is 0 Å². The van der Waals surface area contributed by atoms with E-state index in [1.165, 1.54) is 34.6 Å². The van der Waals surface area contributed by atoms with Gasteiger partial charge in [-0.25, -0.2) is 4.79 Å². The first-order chi connectivity index (χ1) is 9.06. The van der Waals surface area contributed by atoms with E-state index in [4.69, 9.17) is 4.74 Å². The molecule has 0 bridgehead atoms. The van der Waals surface area contributed by atoms with Crippen LogP contribution in [-0.4, -0.2) is 24.5 Å². The van der Waals surface area contributed by atoms with Crippen molar-refractivity contribution in [1.82, 2.24) is 5.32 Å². The molecule has 1 aliphatic carbocycles. The molecule has 2 rings (SSSR count). The molecule has 1 aromatic heterocycles. The fraction of sp³-hybridized carbons (Fsp3) is 0.571. The summed E-state index contributed by atoms with van der Waals surface area (Å²) in [5, 5.41) is 2.69. The lowest BCUT2D eigenvalue weighted by atomic mass is 9.99. The lowest BCUT2D eigenvalue weighted by molar-refractivity contribution is -0.124. The Bertz CT molecular complexity index is 456. The zero-order valence-corrected chi connectivity index (χ0v) is 12.1. The van der Waals surface area contributed by atoms with Gasteiger partial charge in [0.25, 0.3) is 5.91 Å². The largest absolute Gasteiger partial charge is 0.451 e. The number of nitrogens with one attached hydrogen (secondary N) is 1. The molecule has 0 saturated carbocycles. The van der Waals surface area contributed by atoms with E-state index in [1.54, 1.807) is 0 Å². The van der Waals surface area contributed by atoms with Crippen molar-refractivity contribution in [2.75, 3.05) is 6.61 Å². The van der Waals surface area contributed by atoms with Crippen LogP contribution >= 0.6 is 11.3 Å². The van der Waals surface area contributed by atoms with Gasteiger partial charge in [0.1, 0.15) is 4.88 Å². The molecule has 0 aliphatic heterocycles. The highest BCUT2D eigenvalue weighted by Gasteiger charge is 2.18. The van der Waals surface area contributed by atoms with E-state index in [-0.39, 0.29) is 18.6 Å². The highest BCUT2D eigenvalue weighted by molar-refractivity contribution is 7.14. The zero-order chi connectivity index (χ0) is 13.8. The van der Waals surface area contributed by atoms with Crippen LogP contribution in [0.25, 0.3) is 0 Å². The van der Waals surface area contributed by atoms with Crippen LogP contribution in [0.2, 0.25) is 0 Å². The predicted molar refractivity (Wildman–Crippen MR) is 74.5 cm³/mol. The van der Waals surface area contributed by atoms with Crippen LogP contribution < -0.4 is 5.32 Å². The van der Waals surface area contributed by atoms with E-state index in [9.17, 15) is 9.59 Å². The van der Waals surface area contributed by atoms with E-state index >= 15 is 0 Å². The van der Waals surface area contributed by atoms with Gasteiger partial charge in [0.15, 0.2) is 6.61 Å². The third-order valence-electron chi connectivity index (χ3n) is 2.98. The molecule has 1 amide bonds. The minimum atomic E-state index is -0.390. The second-order valence-electron chi connectivity index (χ2n) is 5.06. The topological polar surface area (TPSA) is 55.4 Å². The molecule has 0 radical (unpaired) electrons. The molecule has 5 heteroatoms. The number of amides is 1. The first-order valence-corrected chi connectivity index (χ1v) is 7.46. The summed E-state index contributed by atoms with van der Waals surface area (Å²) >= 11 is 1.50. The average molecular weight is 281 g/mol. The van der Waals surface area contributed by atoms with Gasteiger partial charge < -0.3 is 10.1 Å². The predicted octanol–water partition coefficient (Wildman–Crippen LogP) is 2.31. The molecule has 104 valence electrons. The van der Waals surface area contributed by atoms with Crippen LogP contribution in [0.5, 0.6) is 0 Å². The fourth-order valence-electron chi connectivity index (χ4n) is 2.16. The molecule has 0 aromatic carbocycles. The Hall–Kier alpha value is -1.36. The third-order valence-corrected chi connectivity index (χ3v) is 4.20. The van der Waals surface area contributed by atoms with Gasteiger partial charge in [0.05, 0.1) is 0 Å². The van der Waals surface area contributed by atoms with Gasteiger partial charge in [0, 0.05) is 10.9 Å². The first kappa shape index (κ1) is 14.1. The number of carbonyl (C=O) groups is 2. The van der Waals surface area contributed by atoms with Gasteiger partial charge >= 0.3 is 5.97 Å². The molecule has 1 N–H and O–H groups in total. The van der Waals surface area contributed by atoms with Crippen LogP contribution in [0, 0.1) is 0 Å². The Kier molecular flexibility index (Phi) is 4.58. The molecule has 0 atom stereocenters. The summed E-state index contributed by atoms with van der Waals surface area (Å²) in [6, 6.07) is 1.97. The van der Waals surface area contributed by atoms with E-state index in [0.717, 1.165) is 12.8 Å². The maximum atomic E-state index is 11.9. The highest BCUT2D eigenvalue weighted by Crippen LogP contribution is 2.29. The van der Waals surface area contributed by atoms with Crippen LogP contribution in [0.15, 0.2) is 6.07 Å². The number of hydrogen-bond donors (Lipinski definition) is 1. The number of rotatable bonds is 4. The van der Waals surface area contributed by atoms with Gasteiger partial charge in [0.2, 0.25) is 0 Å². The number of aryl methyl sites for hydroxylation is 2. The molecule has 0 spiro atoms. The number of thiophene rings is 1. The Labute approximate surface area is 117 Å². The molecule has 1 aromatic rings. The average Bonchev–Trinajstić information content (AvgIpc) is 2.78. The van der Waals surface area contributed by atoms with Crippen molar-refractivity contribution in [2.24, 2.45) is 0 Å². The first-order valence-electron chi connectivity index (χ1n) is 6.64. The van der Waals surface area contributed by atoms with Crippen LogP contribution in [0.1, 0.15) is 46.8 Å². The molecule has 0 fully saturated rings. The van der Waals surface area contributed by atoms with Crippen LogP contribution in [0.3, 0.4) is 0 Å². The summed E-state index contributed by atoms with van der Waals surface area (Å²) in [5.74, 6) is -0.650. The lowest BCUT2D eigenvalue weighted by Crippen LogP contribution is -2.33. The Balaban J connectivity index is 1.89. The Morgan fingerprint density at radius 1 is 1.37 bits per heavy atom. The van der Waals surface area contributed by atoms with Gasteiger partial charge in [-0.05, 0) is 51.2 Å². The van der Waals surface area contributed by atoms with Crippen molar-refractivity contribution in [2.45, 2.75) is 45.6 Å². The van der Waals surface area contributed by atoms with E-state index in [2.05, 4.69) is 5.32 Å². The Morgan fingerprint density at radius 3 is 2.79 bits per heavy atom. The van der Waals surface area contributed by atoms with Crippen molar-refractivity contribution in [1.29, 1.82) is 0 Å². The van der Waals surface area contributed by atoms with Crippen molar-refractivity contribution >= 4 is 23.2 Å². The minimum absolute atomic E-state index is 0.0558. The molecule has 19 heavy (non-hydrogen) atoms. The van der Waals surface area contributed by atoms with Gasteiger partial charge in [-0.15, -0.1) is 11.3 Å². The van der Waals surface area contributed by atoms with Gasteiger partial charge in [-0.1, -0.05) is 0 Å². The number of carbonyl (C=O) groups excluding carboxylic acids is 2. The molecular weight excluding hydrogens is 262 g/mol. The summed E-state index contributed by atoms with van der Waals surface area (Å²) in [5.41, 5.74) is 1.27. The molecule has 4 nitrogen and oxygen atoms in total. The minimum Gasteiger partial charge on any atom is -0.451 e.